The van der Waals surface area contributed by atoms with Gasteiger partial charge in [0.25, 0.3) is 0 Å². The summed E-state index contributed by atoms with van der Waals surface area (Å²) in [5, 5.41) is 9.67. The van der Waals surface area contributed by atoms with Gasteiger partial charge in [0.05, 0.1) is 18.9 Å². The van der Waals surface area contributed by atoms with E-state index in [2.05, 4.69) is 24.4 Å². The summed E-state index contributed by atoms with van der Waals surface area (Å²) in [7, 11) is -4.00. The highest BCUT2D eigenvalue weighted by Crippen LogP contribution is 2.44. The molecule has 0 spiro atoms. The SMILES string of the molecule is CCCOP(=O)(O)CC(OC(C)C(CCCCCCCSCCCCCS)C1CCCCC1)C(=O)O. The molecule has 6 nitrogen and oxygen atoms in total. The number of thiol groups is 1. The van der Waals surface area contributed by atoms with Gasteiger partial charge in [0.15, 0.2) is 6.10 Å². The van der Waals surface area contributed by atoms with Crippen LogP contribution in [0.15, 0.2) is 0 Å². The predicted molar refractivity (Wildman–Crippen MR) is 156 cm³/mol. The van der Waals surface area contributed by atoms with Gasteiger partial charge in [-0.25, -0.2) is 4.79 Å². The molecule has 1 fully saturated rings. The van der Waals surface area contributed by atoms with Crippen LogP contribution >= 0.6 is 32.0 Å². The van der Waals surface area contributed by atoms with Crippen LogP contribution in [-0.4, -0.2) is 58.2 Å². The Morgan fingerprint density at radius 2 is 1.64 bits per heavy atom. The van der Waals surface area contributed by atoms with Crippen molar-refractivity contribution in [2.75, 3.05) is 30.0 Å². The topological polar surface area (TPSA) is 93.1 Å². The Kier molecular flexibility index (Phi) is 20.2. The highest BCUT2D eigenvalue weighted by molar-refractivity contribution is 7.99. The molecule has 0 aromatic rings. The van der Waals surface area contributed by atoms with Crippen LogP contribution in [0.3, 0.4) is 0 Å². The van der Waals surface area contributed by atoms with Crippen LogP contribution in [0, 0.1) is 11.8 Å². The van der Waals surface area contributed by atoms with Crippen molar-refractivity contribution in [3.8, 4) is 0 Å². The highest BCUT2D eigenvalue weighted by atomic mass is 32.2. The first-order chi connectivity index (χ1) is 17.3. The minimum absolute atomic E-state index is 0.134. The number of ether oxygens (including phenoxy) is 1. The molecule has 36 heavy (non-hydrogen) atoms. The summed E-state index contributed by atoms with van der Waals surface area (Å²) in [5.74, 6) is 3.15. The summed E-state index contributed by atoms with van der Waals surface area (Å²) in [6.45, 7) is 3.93. The van der Waals surface area contributed by atoms with Gasteiger partial charge in [0.1, 0.15) is 0 Å². The van der Waals surface area contributed by atoms with Crippen molar-refractivity contribution < 1.29 is 28.6 Å². The van der Waals surface area contributed by atoms with E-state index < -0.39 is 25.8 Å². The molecule has 1 aliphatic carbocycles. The molecule has 1 saturated carbocycles. The molecule has 0 amide bonds. The number of carbonyl (C=O) groups is 1. The molecule has 0 heterocycles. The van der Waals surface area contributed by atoms with Gasteiger partial charge in [-0.05, 0) is 68.1 Å². The van der Waals surface area contributed by atoms with Crippen molar-refractivity contribution in [1.29, 1.82) is 0 Å². The van der Waals surface area contributed by atoms with E-state index in [9.17, 15) is 19.4 Å². The molecule has 0 aromatic carbocycles. The molecule has 0 saturated heterocycles. The maximum atomic E-state index is 12.3. The molecule has 4 unspecified atom stereocenters. The van der Waals surface area contributed by atoms with Gasteiger partial charge in [-0.3, -0.25) is 4.57 Å². The van der Waals surface area contributed by atoms with E-state index in [4.69, 9.17) is 9.26 Å². The van der Waals surface area contributed by atoms with Crippen LogP contribution in [0.1, 0.15) is 110 Å². The number of carboxylic acids is 1. The third-order valence-corrected chi connectivity index (χ3v) is 10.0. The Bertz CT molecular complexity index is 603. The summed E-state index contributed by atoms with van der Waals surface area (Å²) in [6, 6.07) is 0. The van der Waals surface area contributed by atoms with E-state index in [0.717, 1.165) is 18.6 Å². The van der Waals surface area contributed by atoms with E-state index in [1.165, 1.54) is 88.6 Å². The van der Waals surface area contributed by atoms with Gasteiger partial charge in [-0.15, -0.1) is 0 Å². The molecule has 1 aliphatic rings. The van der Waals surface area contributed by atoms with Crippen molar-refractivity contribution in [3.05, 3.63) is 0 Å². The Balaban J connectivity index is 2.47. The van der Waals surface area contributed by atoms with Gasteiger partial charge < -0.3 is 19.3 Å². The summed E-state index contributed by atoms with van der Waals surface area (Å²) in [4.78, 5) is 21.9. The molecule has 1 rings (SSSR count). The van der Waals surface area contributed by atoms with Crippen molar-refractivity contribution in [2.24, 2.45) is 11.8 Å². The van der Waals surface area contributed by atoms with Gasteiger partial charge in [0, 0.05) is 0 Å². The van der Waals surface area contributed by atoms with Crippen LogP contribution < -0.4 is 0 Å². The van der Waals surface area contributed by atoms with Gasteiger partial charge in [0.2, 0.25) is 0 Å². The zero-order chi connectivity index (χ0) is 26.7. The van der Waals surface area contributed by atoms with Crippen molar-refractivity contribution in [1.82, 2.24) is 0 Å². The van der Waals surface area contributed by atoms with E-state index in [1.54, 1.807) is 0 Å². The number of aliphatic carboxylic acids is 1. The monoisotopic (exact) mass is 568 g/mol. The largest absolute Gasteiger partial charge is 0.479 e. The van der Waals surface area contributed by atoms with E-state index >= 15 is 0 Å². The van der Waals surface area contributed by atoms with E-state index in [0.29, 0.717) is 12.3 Å². The van der Waals surface area contributed by atoms with Crippen molar-refractivity contribution in [3.63, 3.8) is 0 Å². The highest BCUT2D eigenvalue weighted by Gasteiger charge is 2.35. The molecule has 4 atom stereocenters. The Morgan fingerprint density at radius 3 is 2.25 bits per heavy atom. The molecule has 214 valence electrons. The van der Waals surface area contributed by atoms with Gasteiger partial charge >= 0.3 is 13.6 Å². The molecular weight excluding hydrogens is 515 g/mol. The molecular formula is C27H53O6PS2. The lowest BCUT2D eigenvalue weighted by molar-refractivity contribution is -0.155. The molecule has 2 N–H and O–H groups in total. The lowest BCUT2D eigenvalue weighted by Gasteiger charge is -2.35. The van der Waals surface area contributed by atoms with Gasteiger partial charge in [-0.1, -0.05) is 71.1 Å². The number of unbranched alkanes of at least 4 members (excludes halogenated alkanes) is 6. The number of rotatable bonds is 23. The first-order valence-corrected chi connectivity index (χ1v) is 17.9. The predicted octanol–water partition coefficient (Wildman–Crippen LogP) is 7.83. The fraction of sp³-hybridized carbons (Fsp3) is 0.963. The van der Waals surface area contributed by atoms with Gasteiger partial charge in [-0.2, -0.15) is 24.4 Å². The van der Waals surface area contributed by atoms with Crippen LogP contribution in [0.2, 0.25) is 0 Å². The van der Waals surface area contributed by atoms with E-state index in [1.807, 2.05) is 13.8 Å². The number of hydrogen-bond acceptors (Lipinski definition) is 6. The fourth-order valence-corrected chi connectivity index (χ4v) is 7.64. The first kappa shape index (κ1) is 34.3. The second-order valence-electron chi connectivity index (χ2n) is 10.3. The summed E-state index contributed by atoms with van der Waals surface area (Å²) in [6.07, 6.45) is 15.5. The zero-order valence-corrected chi connectivity index (χ0v) is 25.4. The Hall–Kier alpha value is 0.280. The lowest BCUT2D eigenvalue weighted by atomic mass is 9.75. The second kappa shape index (κ2) is 21.1. The standard InChI is InChI=1S/C27H53O6PS2/c1-3-18-32-34(30,31)22-26(27(28)29)33-23(2)25(24-15-9-7-10-16-24)17-11-5-4-6-13-20-36-21-14-8-12-19-35/h23-26,35H,3-22H2,1-2H3,(H,28,29)(H,30,31). The minimum atomic E-state index is -4.00. The molecule has 0 radical (unpaired) electrons. The number of carboxylic acid groups (broad SMARTS) is 1. The molecule has 0 aromatic heterocycles. The second-order valence-corrected chi connectivity index (χ2v) is 13.9. The van der Waals surface area contributed by atoms with Crippen LogP contribution in [0.5, 0.6) is 0 Å². The van der Waals surface area contributed by atoms with E-state index in [-0.39, 0.29) is 18.6 Å². The van der Waals surface area contributed by atoms with Crippen molar-refractivity contribution >= 4 is 38.0 Å². The minimum Gasteiger partial charge on any atom is -0.479 e. The third-order valence-electron chi connectivity index (χ3n) is 7.18. The van der Waals surface area contributed by atoms with Crippen LogP contribution in [0.25, 0.3) is 0 Å². The summed E-state index contributed by atoms with van der Waals surface area (Å²) < 4.78 is 23.3. The third kappa shape index (κ3) is 16.3. The average molecular weight is 569 g/mol. The quantitative estimate of drug-likeness (QED) is 0.0657. The smallest absolute Gasteiger partial charge is 0.333 e. The van der Waals surface area contributed by atoms with Crippen molar-refractivity contribution in [2.45, 2.75) is 122 Å². The average Bonchev–Trinajstić information content (AvgIpc) is 2.85. The normalized spacial score (nSPS) is 19.0. The fourth-order valence-electron chi connectivity index (χ4n) is 5.16. The zero-order valence-electron chi connectivity index (χ0n) is 22.8. The van der Waals surface area contributed by atoms with Crippen LogP contribution in [-0.2, 0) is 18.6 Å². The molecule has 0 bridgehead atoms. The number of hydrogen-bond donors (Lipinski definition) is 3. The maximum absolute atomic E-state index is 12.3. The molecule has 9 heteroatoms. The Morgan fingerprint density at radius 1 is 1.03 bits per heavy atom. The van der Waals surface area contributed by atoms with Crippen LogP contribution in [0.4, 0.5) is 0 Å². The summed E-state index contributed by atoms with van der Waals surface area (Å²) in [5.41, 5.74) is 0. The first-order valence-electron chi connectivity index (χ1n) is 14.3. The number of thioether (sulfide) groups is 1. The Labute approximate surface area is 230 Å². The summed E-state index contributed by atoms with van der Waals surface area (Å²) >= 11 is 6.33. The molecule has 0 aliphatic heterocycles. The maximum Gasteiger partial charge on any atom is 0.333 e. The lowest BCUT2D eigenvalue weighted by Crippen LogP contribution is -2.37.